The summed E-state index contributed by atoms with van der Waals surface area (Å²) in [7, 11) is -3.70. The highest BCUT2D eigenvalue weighted by Gasteiger charge is 2.67. The summed E-state index contributed by atoms with van der Waals surface area (Å²) >= 11 is 6.04. The summed E-state index contributed by atoms with van der Waals surface area (Å²) in [4.78, 5) is 27.8. The Balaban J connectivity index is 1.55. The number of halogens is 1. The lowest BCUT2D eigenvalue weighted by atomic mass is 9.92. The fourth-order valence-corrected chi connectivity index (χ4v) is 5.22. The third-order valence-electron chi connectivity index (χ3n) is 6.09. The van der Waals surface area contributed by atoms with E-state index in [2.05, 4.69) is 0 Å². The van der Waals surface area contributed by atoms with E-state index in [0.29, 0.717) is 17.1 Å². The number of para-hydroxylation sites is 1. The molecule has 0 bridgehead atoms. The normalized spacial score (nSPS) is 21.5. The first-order valence-electron chi connectivity index (χ1n) is 10.0. The molecule has 32 heavy (non-hydrogen) atoms. The van der Waals surface area contributed by atoms with Crippen molar-refractivity contribution in [3.05, 3.63) is 94.5 Å². The number of anilines is 2. The van der Waals surface area contributed by atoms with Gasteiger partial charge in [-0.2, -0.15) is 0 Å². The van der Waals surface area contributed by atoms with Gasteiger partial charge in [-0.1, -0.05) is 48.0 Å². The van der Waals surface area contributed by atoms with Gasteiger partial charge in [0.25, 0.3) is 5.91 Å². The fraction of sp³-hybridized carbons (Fsp3) is 0.167. The van der Waals surface area contributed by atoms with E-state index in [9.17, 15) is 18.0 Å². The van der Waals surface area contributed by atoms with Gasteiger partial charge in [0.2, 0.25) is 15.9 Å². The maximum atomic E-state index is 13.8. The highest BCUT2D eigenvalue weighted by Crippen LogP contribution is 2.67. The van der Waals surface area contributed by atoms with Crippen LogP contribution in [0.1, 0.15) is 33.8 Å². The van der Waals surface area contributed by atoms with E-state index in [1.54, 1.807) is 17.0 Å². The van der Waals surface area contributed by atoms with Gasteiger partial charge in [0.05, 0.1) is 17.4 Å². The fourth-order valence-electron chi connectivity index (χ4n) is 4.63. The molecule has 1 aliphatic carbocycles. The zero-order valence-corrected chi connectivity index (χ0v) is 18.7. The van der Waals surface area contributed by atoms with Crippen LogP contribution in [0.3, 0.4) is 0 Å². The van der Waals surface area contributed by atoms with Crippen LogP contribution in [-0.4, -0.2) is 26.5 Å². The molecular weight excluding hydrogens is 448 g/mol. The first-order chi connectivity index (χ1) is 15.2. The predicted octanol–water partition coefficient (Wildman–Crippen LogP) is 4.13. The van der Waals surface area contributed by atoms with Gasteiger partial charge in [0.1, 0.15) is 0 Å². The Morgan fingerprint density at radius 2 is 1.78 bits per heavy atom. The van der Waals surface area contributed by atoms with Crippen LogP contribution in [0.5, 0.6) is 0 Å². The number of amides is 2. The minimum absolute atomic E-state index is 0.0372. The molecule has 1 aliphatic heterocycles. The Hall–Kier alpha value is -3.16. The van der Waals surface area contributed by atoms with Crippen LogP contribution in [0.25, 0.3) is 0 Å². The number of benzene rings is 3. The van der Waals surface area contributed by atoms with Crippen molar-refractivity contribution in [3.63, 3.8) is 0 Å². The molecule has 1 N–H and O–H groups in total. The van der Waals surface area contributed by atoms with Crippen molar-refractivity contribution in [1.29, 1.82) is 0 Å². The van der Waals surface area contributed by atoms with Gasteiger partial charge >= 0.3 is 0 Å². The lowest BCUT2D eigenvalue weighted by Gasteiger charge is -2.19. The molecule has 1 heterocycles. The molecular formula is C24H19ClN2O4S. The number of carbonyl (C=O) groups is 2. The molecule has 0 radical (unpaired) electrons. The van der Waals surface area contributed by atoms with Crippen molar-refractivity contribution in [2.24, 2.45) is 0 Å². The van der Waals surface area contributed by atoms with Crippen molar-refractivity contribution < 1.29 is 18.0 Å². The Bertz CT molecular complexity index is 1370. The number of nitrogens with one attached hydrogen (secondary N) is 1. The molecule has 2 unspecified atom stereocenters. The second kappa shape index (κ2) is 7.18. The first-order valence-corrected chi connectivity index (χ1v) is 12.3. The Morgan fingerprint density at radius 1 is 1.06 bits per heavy atom. The standard InChI is InChI=1S/C24H19ClN2O4S/c1-32(30,31)26-22(28)16-5-4-6-18(13-16)27-21-8-3-2-7-19(21)24(23(27)29)14-20(24)15-9-11-17(25)12-10-15/h2-13,20H,14H2,1H3,(H,26,28). The van der Waals surface area contributed by atoms with Crippen LogP contribution in [0.4, 0.5) is 11.4 Å². The molecule has 2 atom stereocenters. The van der Waals surface area contributed by atoms with Gasteiger partial charge in [0, 0.05) is 22.2 Å². The summed E-state index contributed by atoms with van der Waals surface area (Å²) in [6.07, 6.45) is 1.61. The van der Waals surface area contributed by atoms with E-state index in [1.165, 1.54) is 12.1 Å². The van der Waals surface area contributed by atoms with Crippen molar-refractivity contribution in [2.75, 3.05) is 11.2 Å². The third-order valence-corrected chi connectivity index (χ3v) is 6.90. The van der Waals surface area contributed by atoms with Gasteiger partial charge < -0.3 is 0 Å². The van der Waals surface area contributed by atoms with Crippen LogP contribution >= 0.6 is 11.6 Å². The molecule has 0 aromatic heterocycles. The maximum Gasteiger partial charge on any atom is 0.264 e. The topological polar surface area (TPSA) is 83.6 Å². The van der Waals surface area contributed by atoms with Crippen molar-refractivity contribution >= 4 is 44.8 Å². The number of sulfonamides is 1. The Kier molecular flexibility index (Phi) is 4.65. The summed E-state index contributed by atoms with van der Waals surface area (Å²) in [6.45, 7) is 0. The smallest absolute Gasteiger partial charge is 0.264 e. The minimum atomic E-state index is -3.70. The summed E-state index contributed by atoms with van der Waals surface area (Å²) in [6, 6.07) is 21.7. The summed E-state index contributed by atoms with van der Waals surface area (Å²) < 4.78 is 24.9. The molecule has 1 saturated carbocycles. The number of hydrogen-bond donors (Lipinski definition) is 1. The summed E-state index contributed by atoms with van der Waals surface area (Å²) in [5.74, 6) is -0.760. The SMILES string of the molecule is CS(=O)(=O)NC(=O)c1cccc(N2C(=O)C3(CC3c3ccc(Cl)cc3)c3ccccc32)c1. The van der Waals surface area contributed by atoms with Crippen molar-refractivity contribution in [1.82, 2.24) is 4.72 Å². The first kappa shape index (κ1) is 20.7. The predicted molar refractivity (Wildman–Crippen MR) is 123 cm³/mol. The van der Waals surface area contributed by atoms with Crippen LogP contribution in [-0.2, 0) is 20.2 Å². The number of nitrogens with zero attached hydrogens (tertiary/aromatic N) is 1. The molecule has 1 fully saturated rings. The zero-order chi connectivity index (χ0) is 22.7. The van der Waals surface area contributed by atoms with Crippen LogP contribution < -0.4 is 9.62 Å². The molecule has 1 spiro atoms. The molecule has 2 aliphatic rings. The molecule has 162 valence electrons. The van der Waals surface area contributed by atoms with Crippen LogP contribution in [0.2, 0.25) is 5.02 Å². The zero-order valence-electron chi connectivity index (χ0n) is 17.1. The molecule has 5 rings (SSSR count). The summed E-state index contributed by atoms with van der Waals surface area (Å²) in [5, 5.41) is 0.646. The van der Waals surface area contributed by atoms with Gasteiger partial charge in [0.15, 0.2) is 0 Å². The minimum Gasteiger partial charge on any atom is -0.280 e. The lowest BCUT2D eigenvalue weighted by Crippen LogP contribution is -2.31. The van der Waals surface area contributed by atoms with E-state index in [1.807, 2.05) is 53.3 Å². The van der Waals surface area contributed by atoms with Gasteiger partial charge in [-0.05, 0) is 53.9 Å². The summed E-state index contributed by atoms with van der Waals surface area (Å²) in [5.41, 5.74) is 2.80. The van der Waals surface area contributed by atoms with Crippen molar-refractivity contribution in [3.8, 4) is 0 Å². The molecule has 2 amide bonds. The largest absolute Gasteiger partial charge is 0.280 e. The van der Waals surface area contributed by atoms with Gasteiger partial charge in [-0.25, -0.2) is 13.1 Å². The highest BCUT2D eigenvalue weighted by molar-refractivity contribution is 7.89. The van der Waals surface area contributed by atoms with E-state index in [-0.39, 0.29) is 17.4 Å². The third kappa shape index (κ3) is 3.29. The average Bonchev–Trinajstić information content (AvgIpc) is 3.45. The second-order valence-electron chi connectivity index (χ2n) is 8.19. The number of hydrogen-bond acceptors (Lipinski definition) is 4. The van der Waals surface area contributed by atoms with Gasteiger partial charge in [-0.15, -0.1) is 0 Å². The van der Waals surface area contributed by atoms with E-state index in [0.717, 1.165) is 23.1 Å². The average molecular weight is 467 g/mol. The second-order valence-corrected chi connectivity index (χ2v) is 10.4. The number of rotatable bonds is 4. The van der Waals surface area contributed by atoms with E-state index in [4.69, 9.17) is 11.6 Å². The monoisotopic (exact) mass is 466 g/mol. The van der Waals surface area contributed by atoms with Crippen LogP contribution in [0.15, 0.2) is 72.8 Å². The van der Waals surface area contributed by atoms with Crippen molar-refractivity contribution in [2.45, 2.75) is 17.8 Å². The maximum absolute atomic E-state index is 13.8. The molecule has 3 aromatic rings. The highest BCUT2D eigenvalue weighted by atomic mass is 35.5. The molecule has 6 nitrogen and oxygen atoms in total. The molecule has 0 saturated heterocycles. The van der Waals surface area contributed by atoms with Crippen LogP contribution in [0, 0.1) is 0 Å². The Labute approximate surface area is 190 Å². The number of carbonyl (C=O) groups excluding carboxylic acids is 2. The molecule has 8 heteroatoms. The quantitative estimate of drug-likeness (QED) is 0.626. The van der Waals surface area contributed by atoms with E-state index < -0.39 is 21.3 Å². The molecule has 3 aromatic carbocycles. The number of fused-ring (bicyclic) bond motifs is 2. The van der Waals surface area contributed by atoms with E-state index >= 15 is 0 Å². The lowest BCUT2D eigenvalue weighted by molar-refractivity contribution is -0.119. The Morgan fingerprint density at radius 3 is 2.50 bits per heavy atom. The van der Waals surface area contributed by atoms with Gasteiger partial charge in [-0.3, -0.25) is 14.5 Å².